The predicted octanol–water partition coefficient (Wildman–Crippen LogP) is 1.39. The predicted molar refractivity (Wildman–Crippen MR) is 60.2 cm³/mol. The molecule has 92 valence electrons. The molecule has 5 heteroatoms. The van der Waals surface area contributed by atoms with Gasteiger partial charge < -0.3 is 9.04 Å². The van der Waals surface area contributed by atoms with Gasteiger partial charge in [0.15, 0.2) is 5.88 Å². The Labute approximate surface area is 93.6 Å². The zero-order chi connectivity index (χ0) is 12.3. The summed E-state index contributed by atoms with van der Waals surface area (Å²) in [5, 5.41) is 0. The number of hydrogen-bond donors (Lipinski definition) is 0. The molecule has 0 aliphatic rings. The molecule has 0 aromatic heterocycles. The van der Waals surface area contributed by atoms with Crippen LogP contribution in [0, 0.1) is 5.92 Å². The normalized spacial score (nSPS) is 17.1. The van der Waals surface area contributed by atoms with E-state index in [2.05, 4.69) is 13.8 Å². The summed E-state index contributed by atoms with van der Waals surface area (Å²) in [7, 11) is -2.32. The summed E-state index contributed by atoms with van der Waals surface area (Å²) in [6.07, 6.45) is 0.935. The van der Waals surface area contributed by atoms with Gasteiger partial charge in [0.2, 0.25) is 0 Å². The Balaban J connectivity index is 4.60. The van der Waals surface area contributed by atoms with E-state index in [4.69, 9.17) is 0 Å². The van der Waals surface area contributed by atoms with Crippen molar-refractivity contribution in [3.05, 3.63) is 0 Å². The average Bonchev–Trinajstić information content (AvgIpc) is 1.97. The van der Waals surface area contributed by atoms with Gasteiger partial charge in [0, 0.05) is 0 Å². The van der Waals surface area contributed by atoms with Crippen molar-refractivity contribution in [2.75, 3.05) is 19.5 Å². The minimum Gasteiger partial charge on any atom is -0.744 e. The molecule has 0 saturated heterocycles. The van der Waals surface area contributed by atoms with Crippen LogP contribution in [-0.4, -0.2) is 43.0 Å². The second kappa shape index (κ2) is 5.27. The summed E-state index contributed by atoms with van der Waals surface area (Å²) in [5.41, 5.74) is 0. The Bertz CT molecular complexity index is 285. The number of quaternary nitrogens is 1. The summed E-state index contributed by atoms with van der Waals surface area (Å²) in [6, 6.07) is 0.146. The monoisotopic (exact) mass is 237 g/mol. The smallest absolute Gasteiger partial charge is 0.169 e. The zero-order valence-corrected chi connectivity index (χ0v) is 11.2. The van der Waals surface area contributed by atoms with Crippen LogP contribution in [0.3, 0.4) is 0 Å². The zero-order valence-electron chi connectivity index (χ0n) is 10.4. The molecule has 15 heavy (non-hydrogen) atoms. The summed E-state index contributed by atoms with van der Waals surface area (Å²) in [5.74, 6) is 0.216. The lowest BCUT2D eigenvalue weighted by Gasteiger charge is -2.39. The quantitative estimate of drug-likeness (QED) is 0.518. The highest BCUT2D eigenvalue weighted by Crippen LogP contribution is 2.15. The molecule has 0 spiro atoms. The fourth-order valence-corrected chi connectivity index (χ4v) is 2.54. The first-order valence-corrected chi connectivity index (χ1v) is 6.92. The highest BCUT2D eigenvalue weighted by atomic mass is 32.2. The molecule has 0 radical (unpaired) electrons. The van der Waals surface area contributed by atoms with Crippen LogP contribution in [0.1, 0.15) is 34.1 Å². The molecule has 0 aromatic rings. The van der Waals surface area contributed by atoms with Gasteiger partial charge in [-0.2, -0.15) is 0 Å². The molecule has 0 fully saturated rings. The van der Waals surface area contributed by atoms with Crippen molar-refractivity contribution in [1.29, 1.82) is 0 Å². The first-order valence-electron chi connectivity index (χ1n) is 5.34. The minimum atomic E-state index is -4.15. The van der Waals surface area contributed by atoms with Crippen molar-refractivity contribution in [1.82, 2.24) is 0 Å². The molecule has 0 N–H and O–H groups in total. The second-order valence-corrected chi connectivity index (χ2v) is 6.54. The summed E-state index contributed by atoms with van der Waals surface area (Å²) < 4.78 is 32.8. The van der Waals surface area contributed by atoms with Crippen LogP contribution in [0.2, 0.25) is 0 Å². The number of hydrogen-bond acceptors (Lipinski definition) is 3. The van der Waals surface area contributed by atoms with E-state index in [-0.39, 0.29) is 11.9 Å². The molecule has 0 saturated carbocycles. The first-order chi connectivity index (χ1) is 6.57. The highest BCUT2D eigenvalue weighted by Gasteiger charge is 2.28. The van der Waals surface area contributed by atoms with Crippen molar-refractivity contribution in [3.63, 3.8) is 0 Å². The molecule has 0 aliphatic heterocycles. The third-order valence-corrected chi connectivity index (χ3v) is 3.82. The van der Waals surface area contributed by atoms with E-state index in [0.29, 0.717) is 10.4 Å². The first kappa shape index (κ1) is 14.9. The lowest BCUT2D eigenvalue weighted by Crippen LogP contribution is -2.53. The molecular weight excluding hydrogens is 214 g/mol. The Morgan fingerprint density at radius 2 is 1.67 bits per heavy atom. The Morgan fingerprint density at radius 1 is 1.20 bits per heavy atom. The molecular formula is C10H23NO3S. The van der Waals surface area contributed by atoms with Gasteiger partial charge in [-0.1, -0.05) is 13.8 Å². The standard InChI is InChI=1S/C10H23NO3S/c1-9(2)6-7-11(5,10(3)4)8-15(12,13)14/h9-10H,6-8H2,1-5H3. The van der Waals surface area contributed by atoms with Crippen molar-refractivity contribution in [2.24, 2.45) is 5.92 Å². The summed E-state index contributed by atoms with van der Waals surface area (Å²) >= 11 is 0. The molecule has 1 unspecified atom stereocenters. The van der Waals surface area contributed by atoms with Crippen LogP contribution in [0.15, 0.2) is 0 Å². The van der Waals surface area contributed by atoms with Gasteiger partial charge in [0.1, 0.15) is 10.1 Å². The van der Waals surface area contributed by atoms with Crippen molar-refractivity contribution in [2.45, 2.75) is 40.2 Å². The average molecular weight is 237 g/mol. The molecule has 0 aromatic carbocycles. The maximum Gasteiger partial charge on any atom is 0.169 e. The van der Waals surface area contributed by atoms with E-state index in [1.807, 2.05) is 20.9 Å². The van der Waals surface area contributed by atoms with E-state index in [1.165, 1.54) is 0 Å². The largest absolute Gasteiger partial charge is 0.744 e. The molecule has 0 heterocycles. The van der Waals surface area contributed by atoms with E-state index < -0.39 is 10.1 Å². The maximum absolute atomic E-state index is 10.8. The van der Waals surface area contributed by atoms with Crippen LogP contribution in [-0.2, 0) is 10.1 Å². The van der Waals surface area contributed by atoms with Gasteiger partial charge >= 0.3 is 0 Å². The molecule has 4 nitrogen and oxygen atoms in total. The second-order valence-electron chi connectivity index (χ2n) is 5.17. The van der Waals surface area contributed by atoms with Gasteiger partial charge in [-0.3, -0.25) is 0 Å². The molecule has 0 amide bonds. The highest BCUT2D eigenvalue weighted by molar-refractivity contribution is 7.85. The van der Waals surface area contributed by atoms with Crippen LogP contribution >= 0.6 is 0 Å². The molecule has 0 bridgehead atoms. The van der Waals surface area contributed by atoms with Crippen LogP contribution in [0.4, 0.5) is 0 Å². The Kier molecular flexibility index (Phi) is 5.23. The lowest BCUT2D eigenvalue weighted by molar-refractivity contribution is -0.919. The fraction of sp³-hybridized carbons (Fsp3) is 1.00. The van der Waals surface area contributed by atoms with Gasteiger partial charge in [-0.15, -0.1) is 0 Å². The van der Waals surface area contributed by atoms with E-state index in [1.54, 1.807) is 0 Å². The molecule has 0 rings (SSSR count). The van der Waals surface area contributed by atoms with Crippen LogP contribution < -0.4 is 0 Å². The third-order valence-electron chi connectivity index (χ3n) is 2.92. The van der Waals surface area contributed by atoms with Crippen molar-refractivity contribution in [3.8, 4) is 0 Å². The van der Waals surface area contributed by atoms with Crippen LogP contribution in [0.5, 0.6) is 0 Å². The number of rotatable bonds is 6. The van der Waals surface area contributed by atoms with Gasteiger partial charge in [0.25, 0.3) is 0 Å². The fourth-order valence-electron chi connectivity index (χ4n) is 1.39. The van der Waals surface area contributed by atoms with Crippen molar-refractivity contribution >= 4 is 10.1 Å². The molecule has 0 aliphatic carbocycles. The van der Waals surface area contributed by atoms with Gasteiger partial charge in [-0.25, -0.2) is 8.42 Å². The van der Waals surface area contributed by atoms with E-state index in [9.17, 15) is 13.0 Å². The summed E-state index contributed by atoms with van der Waals surface area (Å²) in [4.78, 5) is 0. The van der Waals surface area contributed by atoms with Crippen LogP contribution in [0.25, 0.3) is 0 Å². The Hall–Kier alpha value is -0.130. The van der Waals surface area contributed by atoms with Crippen molar-refractivity contribution < 1.29 is 17.5 Å². The number of nitrogens with zero attached hydrogens (tertiary/aromatic N) is 1. The lowest BCUT2D eigenvalue weighted by atomic mass is 10.1. The molecule has 1 atom stereocenters. The van der Waals surface area contributed by atoms with Gasteiger partial charge in [-0.05, 0) is 26.2 Å². The van der Waals surface area contributed by atoms with E-state index >= 15 is 0 Å². The van der Waals surface area contributed by atoms with Gasteiger partial charge in [0.05, 0.1) is 19.6 Å². The van der Waals surface area contributed by atoms with E-state index in [0.717, 1.165) is 13.0 Å². The Morgan fingerprint density at radius 3 is 1.93 bits per heavy atom. The third kappa shape index (κ3) is 6.12. The topological polar surface area (TPSA) is 57.2 Å². The maximum atomic E-state index is 10.8. The minimum absolute atomic E-state index is 0.146. The SMILES string of the molecule is CC(C)CC[N+](C)(CS(=O)(=O)[O-])C(C)C. The summed E-state index contributed by atoms with van der Waals surface area (Å²) in [6.45, 7) is 8.82.